The van der Waals surface area contributed by atoms with Crippen molar-refractivity contribution < 1.29 is 9.15 Å². The summed E-state index contributed by atoms with van der Waals surface area (Å²) in [6.07, 6.45) is 8.29. The third-order valence-corrected chi connectivity index (χ3v) is 7.44. The molecule has 3 aromatic heterocycles. The van der Waals surface area contributed by atoms with Gasteiger partial charge in [-0.15, -0.1) is 11.3 Å². The quantitative estimate of drug-likeness (QED) is 0.446. The smallest absolute Gasteiger partial charge is 0.264 e. The molecule has 8 heteroatoms. The summed E-state index contributed by atoms with van der Waals surface area (Å²) in [7, 11) is 0. The van der Waals surface area contributed by atoms with Gasteiger partial charge < -0.3 is 14.5 Å². The van der Waals surface area contributed by atoms with Crippen LogP contribution < -0.4 is 10.9 Å². The van der Waals surface area contributed by atoms with E-state index in [1.807, 2.05) is 12.1 Å². The molecule has 1 saturated heterocycles. The molecule has 4 heterocycles. The van der Waals surface area contributed by atoms with Crippen molar-refractivity contribution in [1.82, 2.24) is 14.5 Å². The lowest BCUT2D eigenvalue weighted by molar-refractivity contribution is 0.0378. The van der Waals surface area contributed by atoms with Crippen molar-refractivity contribution in [3.05, 3.63) is 45.0 Å². The van der Waals surface area contributed by atoms with Gasteiger partial charge in [-0.25, -0.2) is 4.98 Å². The van der Waals surface area contributed by atoms with Crippen LogP contribution in [-0.4, -0.2) is 53.8 Å². The van der Waals surface area contributed by atoms with Crippen molar-refractivity contribution in [2.24, 2.45) is 0 Å². The Morgan fingerprint density at radius 3 is 2.87 bits per heavy atom. The van der Waals surface area contributed by atoms with Gasteiger partial charge in [0.05, 0.1) is 31.4 Å². The third kappa shape index (κ3) is 4.56. The minimum Gasteiger partial charge on any atom is -0.467 e. The molecule has 1 aliphatic carbocycles. The van der Waals surface area contributed by atoms with E-state index in [2.05, 4.69) is 10.2 Å². The fraction of sp³-hybridized carbons (Fsp3) is 0.565. The standard InChI is InChI=1S/C23H30N4O3S/c28-22-20-18-7-2-1-3-8-19(18)31-21(20)25-23(27(22)16-17-6-4-13-30-17)24-9-5-10-26-11-14-29-15-12-26/h4,6,13H,1-3,5,7-12,14-16H2,(H,24,25). The van der Waals surface area contributed by atoms with Crippen LogP contribution in [0.25, 0.3) is 10.2 Å². The normalized spacial score (nSPS) is 17.5. The number of aromatic nitrogens is 2. The Morgan fingerprint density at radius 2 is 2.03 bits per heavy atom. The molecule has 5 rings (SSSR count). The van der Waals surface area contributed by atoms with Gasteiger partial charge in [-0.3, -0.25) is 14.3 Å². The summed E-state index contributed by atoms with van der Waals surface area (Å²) in [5, 5.41) is 4.28. The topological polar surface area (TPSA) is 72.5 Å². The average molecular weight is 443 g/mol. The van der Waals surface area contributed by atoms with Crippen LogP contribution in [0.15, 0.2) is 27.6 Å². The molecular weight excluding hydrogens is 412 g/mol. The first kappa shape index (κ1) is 20.7. The fourth-order valence-corrected chi connectivity index (χ4v) is 5.83. The number of fused-ring (bicyclic) bond motifs is 3. The highest BCUT2D eigenvalue weighted by molar-refractivity contribution is 7.18. The molecular formula is C23H30N4O3S. The molecule has 0 aromatic carbocycles. The Kier molecular flexibility index (Phi) is 6.38. The number of thiophene rings is 1. The van der Waals surface area contributed by atoms with Crippen LogP contribution in [-0.2, 0) is 24.1 Å². The van der Waals surface area contributed by atoms with Crippen LogP contribution in [0.2, 0.25) is 0 Å². The van der Waals surface area contributed by atoms with Gasteiger partial charge in [0.1, 0.15) is 10.6 Å². The minimum absolute atomic E-state index is 0.0523. The van der Waals surface area contributed by atoms with Crippen LogP contribution in [0.3, 0.4) is 0 Å². The van der Waals surface area contributed by atoms with Crippen LogP contribution in [0.4, 0.5) is 5.95 Å². The predicted octanol–water partition coefficient (Wildman–Crippen LogP) is 3.50. The molecule has 166 valence electrons. The van der Waals surface area contributed by atoms with Gasteiger partial charge in [0.2, 0.25) is 5.95 Å². The van der Waals surface area contributed by atoms with Gasteiger partial charge in [-0.05, 0) is 56.3 Å². The van der Waals surface area contributed by atoms with E-state index in [-0.39, 0.29) is 5.56 Å². The molecule has 0 unspecified atom stereocenters. The van der Waals surface area contributed by atoms with E-state index in [1.54, 1.807) is 22.2 Å². The van der Waals surface area contributed by atoms with E-state index >= 15 is 0 Å². The van der Waals surface area contributed by atoms with Crippen molar-refractivity contribution in [3.8, 4) is 0 Å². The summed E-state index contributed by atoms with van der Waals surface area (Å²) < 4.78 is 12.7. The molecule has 2 aliphatic rings. The Bertz CT molecular complexity index is 1070. The van der Waals surface area contributed by atoms with E-state index < -0.39 is 0 Å². The highest BCUT2D eigenvalue weighted by Gasteiger charge is 2.22. The molecule has 0 spiro atoms. The van der Waals surface area contributed by atoms with Gasteiger partial charge in [0.25, 0.3) is 5.56 Å². The van der Waals surface area contributed by atoms with Crippen LogP contribution >= 0.6 is 11.3 Å². The predicted molar refractivity (Wildman–Crippen MR) is 123 cm³/mol. The number of morpholine rings is 1. The highest BCUT2D eigenvalue weighted by Crippen LogP contribution is 2.33. The number of hydrogen-bond acceptors (Lipinski definition) is 7. The summed E-state index contributed by atoms with van der Waals surface area (Å²) in [5.74, 6) is 1.41. The fourth-order valence-electron chi connectivity index (χ4n) is 4.58. The average Bonchev–Trinajstić information content (AvgIpc) is 3.36. The van der Waals surface area contributed by atoms with Crippen LogP contribution in [0, 0.1) is 0 Å². The first-order chi connectivity index (χ1) is 15.3. The van der Waals surface area contributed by atoms with Crippen molar-refractivity contribution in [2.75, 3.05) is 44.7 Å². The number of nitrogens with one attached hydrogen (secondary N) is 1. The lowest BCUT2D eigenvalue weighted by atomic mass is 10.1. The molecule has 0 saturated carbocycles. The van der Waals surface area contributed by atoms with E-state index in [1.165, 1.54) is 23.3 Å². The summed E-state index contributed by atoms with van der Waals surface area (Å²) in [6.45, 7) is 5.81. The number of rotatable bonds is 7. The number of furan rings is 1. The summed E-state index contributed by atoms with van der Waals surface area (Å²) in [6, 6.07) is 3.77. The highest BCUT2D eigenvalue weighted by atomic mass is 32.1. The van der Waals surface area contributed by atoms with Gasteiger partial charge in [-0.1, -0.05) is 6.42 Å². The van der Waals surface area contributed by atoms with Crippen LogP contribution in [0.5, 0.6) is 0 Å². The van der Waals surface area contributed by atoms with E-state index in [9.17, 15) is 4.79 Å². The minimum atomic E-state index is 0.0523. The number of aryl methyl sites for hydroxylation is 2. The van der Waals surface area contributed by atoms with Gasteiger partial charge in [-0.2, -0.15) is 0 Å². The summed E-state index contributed by atoms with van der Waals surface area (Å²) in [5.41, 5.74) is 1.29. The molecule has 0 radical (unpaired) electrons. The van der Waals surface area contributed by atoms with Crippen molar-refractivity contribution >= 4 is 27.5 Å². The molecule has 31 heavy (non-hydrogen) atoms. The second-order valence-electron chi connectivity index (χ2n) is 8.39. The van der Waals surface area contributed by atoms with E-state index in [0.29, 0.717) is 12.5 Å². The van der Waals surface area contributed by atoms with E-state index in [4.69, 9.17) is 14.1 Å². The van der Waals surface area contributed by atoms with Crippen LogP contribution in [0.1, 0.15) is 41.9 Å². The van der Waals surface area contributed by atoms with Crippen molar-refractivity contribution in [1.29, 1.82) is 0 Å². The Labute approximate surface area is 186 Å². The third-order valence-electron chi connectivity index (χ3n) is 6.26. The Balaban J connectivity index is 1.41. The second kappa shape index (κ2) is 9.54. The summed E-state index contributed by atoms with van der Waals surface area (Å²) >= 11 is 1.71. The molecule has 0 bridgehead atoms. The molecule has 7 nitrogen and oxygen atoms in total. The van der Waals surface area contributed by atoms with Gasteiger partial charge in [0.15, 0.2) is 0 Å². The van der Waals surface area contributed by atoms with Gasteiger partial charge in [0, 0.05) is 24.5 Å². The number of anilines is 1. The second-order valence-corrected chi connectivity index (χ2v) is 9.47. The summed E-state index contributed by atoms with van der Waals surface area (Å²) in [4.78, 5) is 23.2. The zero-order valence-corrected chi connectivity index (χ0v) is 18.7. The molecule has 1 fully saturated rings. The SMILES string of the molecule is O=c1c2c3c(sc2nc(NCCCN2CCOCC2)n1Cc1ccco1)CCCCC3. The zero-order chi connectivity index (χ0) is 21.0. The molecule has 1 aliphatic heterocycles. The largest absolute Gasteiger partial charge is 0.467 e. The number of nitrogens with zero attached hydrogens (tertiary/aromatic N) is 3. The first-order valence-electron chi connectivity index (χ1n) is 11.4. The lowest BCUT2D eigenvalue weighted by Gasteiger charge is -2.26. The molecule has 0 atom stereocenters. The monoisotopic (exact) mass is 442 g/mol. The Hall–Kier alpha value is -2.16. The lowest BCUT2D eigenvalue weighted by Crippen LogP contribution is -2.37. The molecule has 0 amide bonds. The first-order valence-corrected chi connectivity index (χ1v) is 12.2. The molecule has 1 N–H and O–H groups in total. The van der Waals surface area contributed by atoms with Gasteiger partial charge >= 0.3 is 0 Å². The number of hydrogen-bond donors (Lipinski definition) is 1. The van der Waals surface area contributed by atoms with Crippen molar-refractivity contribution in [3.63, 3.8) is 0 Å². The molecule has 3 aromatic rings. The maximum Gasteiger partial charge on any atom is 0.264 e. The number of ether oxygens (including phenoxy) is 1. The van der Waals surface area contributed by atoms with E-state index in [0.717, 1.165) is 81.1 Å². The maximum absolute atomic E-state index is 13.6. The zero-order valence-electron chi connectivity index (χ0n) is 17.9. The van der Waals surface area contributed by atoms with Crippen molar-refractivity contribution in [2.45, 2.75) is 45.1 Å². The Morgan fingerprint density at radius 1 is 1.16 bits per heavy atom. The maximum atomic E-state index is 13.6.